The van der Waals surface area contributed by atoms with Crippen molar-refractivity contribution < 1.29 is 14.7 Å². The van der Waals surface area contributed by atoms with Crippen molar-refractivity contribution in [2.24, 2.45) is 5.92 Å². The highest BCUT2D eigenvalue weighted by molar-refractivity contribution is 7.99. The maximum absolute atomic E-state index is 12.7. The zero-order valence-corrected chi connectivity index (χ0v) is 13.6. The van der Waals surface area contributed by atoms with Crippen LogP contribution < -0.4 is 0 Å². The van der Waals surface area contributed by atoms with E-state index >= 15 is 0 Å². The number of thioether (sulfide) groups is 1. The molecular formula is C15H26N2O3S. The molecule has 2 amide bonds. The molecule has 0 aliphatic carbocycles. The van der Waals surface area contributed by atoms with Crippen molar-refractivity contribution >= 4 is 23.8 Å². The number of carbonyl (C=O) groups is 2. The molecule has 0 bridgehead atoms. The molecule has 0 saturated carbocycles. The average molecular weight is 314 g/mol. The van der Waals surface area contributed by atoms with Gasteiger partial charge < -0.3 is 14.9 Å². The smallest absolute Gasteiger partial charge is 0.320 e. The van der Waals surface area contributed by atoms with Crippen molar-refractivity contribution in [3.05, 3.63) is 0 Å². The predicted molar refractivity (Wildman–Crippen MR) is 84.7 cm³/mol. The highest BCUT2D eigenvalue weighted by Crippen LogP contribution is 2.25. The Morgan fingerprint density at radius 1 is 1.24 bits per heavy atom. The van der Waals surface area contributed by atoms with Gasteiger partial charge in [0.05, 0.1) is 12.5 Å². The fourth-order valence-corrected chi connectivity index (χ4v) is 4.34. The summed E-state index contributed by atoms with van der Waals surface area (Å²) in [5.74, 6) is 1.59. The first-order valence-electron chi connectivity index (χ1n) is 7.97. The third-order valence-corrected chi connectivity index (χ3v) is 5.56. The molecule has 2 saturated heterocycles. The minimum absolute atomic E-state index is 0.0523. The van der Waals surface area contributed by atoms with Gasteiger partial charge in [0.15, 0.2) is 0 Å². The topological polar surface area (TPSA) is 60.9 Å². The van der Waals surface area contributed by atoms with Crippen LogP contribution in [0.2, 0.25) is 0 Å². The Morgan fingerprint density at radius 3 is 2.57 bits per heavy atom. The molecule has 2 aliphatic rings. The third-order valence-electron chi connectivity index (χ3n) is 4.47. The van der Waals surface area contributed by atoms with Crippen LogP contribution in [0.4, 0.5) is 4.79 Å². The fraction of sp³-hybridized carbons (Fsp3) is 0.867. The maximum Gasteiger partial charge on any atom is 0.320 e. The molecule has 1 unspecified atom stereocenters. The van der Waals surface area contributed by atoms with Crippen LogP contribution in [0, 0.1) is 5.92 Å². The van der Waals surface area contributed by atoms with Gasteiger partial charge in [0.1, 0.15) is 0 Å². The second-order valence-electron chi connectivity index (χ2n) is 6.02. The Morgan fingerprint density at radius 2 is 1.95 bits per heavy atom. The molecule has 1 atom stereocenters. The minimum atomic E-state index is -0.818. The number of likely N-dealkylation sites (tertiary alicyclic amines) is 1. The van der Waals surface area contributed by atoms with E-state index in [-0.39, 0.29) is 18.5 Å². The first-order chi connectivity index (χ1) is 10.1. The van der Waals surface area contributed by atoms with Crippen LogP contribution >= 0.6 is 11.8 Å². The fourth-order valence-electron chi connectivity index (χ4n) is 3.28. The van der Waals surface area contributed by atoms with Gasteiger partial charge in [0, 0.05) is 31.1 Å². The highest BCUT2D eigenvalue weighted by Gasteiger charge is 2.33. The number of piperidine rings is 1. The first kappa shape index (κ1) is 16.5. The van der Waals surface area contributed by atoms with Crippen molar-refractivity contribution in [1.29, 1.82) is 0 Å². The summed E-state index contributed by atoms with van der Waals surface area (Å²) >= 11 is 1.74. The van der Waals surface area contributed by atoms with Crippen LogP contribution in [0.25, 0.3) is 0 Å². The van der Waals surface area contributed by atoms with E-state index < -0.39 is 5.97 Å². The van der Waals surface area contributed by atoms with E-state index in [1.807, 2.05) is 4.90 Å². The maximum atomic E-state index is 12.7. The van der Waals surface area contributed by atoms with E-state index in [1.54, 1.807) is 16.7 Å². The van der Waals surface area contributed by atoms with E-state index in [0.717, 1.165) is 43.4 Å². The molecule has 0 aromatic rings. The molecule has 1 N–H and O–H groups in total. The van der Waals surface area contributed by atoms with Crippen molar-refractivity contribution in [2.75, 3.05) is 31.1 Å². The number of nitrogens with zero attached hydrogens (tertiary/aromatic N) is 2. The molecular weight excluding hydrogens is 288 g/mol. The van der Waals surface area contributed by atoms with Gasteiger partial charge in [-0.3, -0.25) is 4.79 Å². The second-order valence-corrected chi connectivity index (χ2v) is 7.17. The van der Waals surface area contributed by atoms with Crippen molar-refractivity contribution in [2.45, 2.75) is 45.1 Å². The van der Waals surface area contributed by atoms with Gasteiger partial charge in [0.2, 0.25) is 0 Å². The number of hydrogen-bond acceptors (Lipinski definition) is 3. The zero-order chi connectivity index (χ0) is 15.2. The van der Waals surface area contributed by atoms with Gasteiger partial charge in [-0.1, -0.05) is 19.8 Å². The normalized spacial score (nSPS) is 24.1. The molecule has 6 heteroatoms. The highest BCUT2D eigenvalue weighted by atomic mass is 32.2. The lowest BCUT2D eigenvalue weighted by molar-refractivity contribution is -0.138. The molecule has 21 heavy (non-hydrogen) atoms. The molecule has 0 radical (unpaired) electrons. The van der Waals surface area contributed by atoms with Crippen LogP contribution in [0.5, 0.6) is 0 Å². The predicted octanol–water partition coefficient (Wildman–Crippen LogP) is 2.51. The van der Waals surface area contributed by atoms with Crippen LogP contribution in [-0.2, 0) is 4.79 Å². The SMILES string of the molecule is CCCC1CCN(C(=O)N2CCSCC2CC(=O)O)CC1. The quantitative estimate of drug-likeness (QED) is 0.866. The minimum Gasteiger partial charge on any atom is -0.481 e. The summed E-state index contributed by atoms with van der Waals surface area (Å²) in [6, 6.07) is -0.0985. The van der Waals surface area contributed by atoms with E-state index in [4.69, 9.17) is 5.11 Å². The summed E-state index contributed by atoms with van der Waals surface area (Å²) in [7, 11) is 0. The first-order valence-corrected chi connectivity index (χ1v) is 9.12. The lowest BCUT2D eigenvalue weighted by Gasteiger charge is -2.40. The Kier molecular flexibility index (Phi) is 6.21. The van der Waals surface area contributed by atoms with Crippen LogP contribution in [-0.4, -0.2) is 64.1 Å². The van der Waals surface area contributed by atoms with E-state index in [2.05, 4.69) is 6.92 Å². The lowest BCUT2D eigenvalue weighted by atomic mass is 9.93. The molecule has 2 heterocycles. The Balaban J connectivity index is 1.90. The third kappa shape index (κ3) is 4.53. The monoisotopic (exact) mass is 314 g/mol. The zero-order valence-electron chi connectivity index (χ0n) is 12.8. The number of hydrogen-bond donors (Lipinski definition) is 1. The summed E-state index contributed by atoms with van der Waals surface area (Å²) in [5, 5.41) is 9.01. The number of rotatable bonds is 4. The van der Waals surface area contributed by atoms with Gasteiger partial charge in [-0.05, 0) is 18.8 Å². The molecule has 0 aromatic carbocycles. The van der Waals surface area contributed by atoms with E-state index in [1.165, 1.54) is 12.8 Å². The standard InChI is InChI=1S/C15H26N2O3S/c1-2-3-12-4-6-16(7-5-12)15(20)17-8-9-21-11-13(17)10-14(18)19/h12-13H,2-11H2,1H3,(H,18,19). The Labute approximate surface area is 131 Å². The van der Waals surface area contributed by atoms with E-state index in [0.29, 0.717) is 6.54 Å². The summed E-state index contributed by atoms with van der Waals surface area (Å²) in [6.45, 7) is 4.54. The van der Waals surface area contributed by atoms with Crippen LogP contribution in [0.1, 0.15) is 39.0 Å². The molecule has 2 fully saturated rings. The molecule has 120 valence electrons. The number of urea groups is 1. The van der Waals surface area contributed by atoms with E-state index in [9.17, 15) is 9.59 Å². The lowest BCUT2D eigenvalue weighted by Crippen LogP contribution is -2.54. The molecule has 0 spiro atoms. The number of carbonyl (C=O) groups excluding carboxylic acids is 1. The summed E-state index contributed by atoms with van der Waals surface area (Å²) in [5.41, 5.74) is 0. The van der Waals surface area contributed by atoms with Crippen LogP contribution in [0.15, 0.2) is 0 Å². The van der Waals surface area contributed by atoms with Gasteiger partial charge in [0.25, 0.3) is 0 Å². The van der Waals surface area contributed by atoms with Crippen molar-refractivity contribution in [3.63, 3.8) is 0 Å². The molecule has 2 aliphatic heterocycles. The van der Waals surface area contributed by atoms with Crippen LogP contribution in [0.3, 0.4) is 0 Å². The Bertz CT molecular complexity index is 370. The van der Waals surface area contributed by atoms with Gasteiger partial charge in [-0.15, -0.1) is 0 Å². The second kappa shape index (κ2) is 7.92. The van der Waals surface area contributed by atoms with Gasteiger partial charge in [-0.25, -0.2) is 4.79 Å². The molecule has 0 aromatic heterocycles. The number of carboxylic acid groups (broad SMARTS) is 1. The summed E-state index contributed by atoms with van der Waals surface area (Å²) < 4.78 is 0. The summed E-state index contributed by atoms with van der Waals surface area (Å²) in [6.07, 6.45) is 4.70. The molecule has 5 nitrogen and oxygen atoms in total. The number of carboxylic acids is 1. The van der Waals surface area contributed by atoms with Crippen molar-refractivity contribution in [1.82, 2.24) is 9.80 Å². The number of amides is 2. The largest absolute Gasteiger partial charge is 0.481 e. The average Bonchev–Trinajstić information content (AvgIpc) is 2.48. The number of aliphatic carboxylic acids is 1. The van der Waals surface area contributed by atoms with Gasteiger partial charge in [-0.2, -0.15) is 11.8 Å². The summed E-state index contributed by atoms with van der Waals surface area (Å²) in [4.78, 5) is 27.3. The molecule has 2 rings (SSSR count). The van der Waals surface area contributed by atoms with Gasteiger partial charge >= 0.3 is 12.0 Å². The van der Waals surface area contributed by atoms with Crippen molar-refractivity contribution in [3.8, 4) is 0 Å². The Hall–Kier alpha value is -0.910.